The molecule has 0 saturated heterocycles. The summed E-state index contributed by atoms with van der Waals surface area (Å²) in [4.78, 5) is 53.7. The highest BCUT2D eigenvalue weighted by Gasteiger charge is 2.37. The third-order valence-electron chi connectivity index (χ3n) is 7.70. The van der Waals surface area contributed by atoms with E-state index in [1.807, 2.05) is 49.4 Å². The fraction of sp³-hybridized carbons (Fsp3) is 0.0811. The Hall–Kier alpha value is -6.02. The number of hydrogen-bond acceptors (Lipinski definition) is 6. The standard InChI is InChI=1S/C36H24N2O6.CH4/c1-21-6-12-25(13-7-21)43-27-4-3-5-28(20-27)44-26-14-10-24(11-15-26)38-35(41)30-17-9-23(19-32(30)36(38)42)22-8-16-29-31(18-22)34(40)37(2)33(29)39;/h3-20H,1-2H3;1H4. The average molecular weight is 597 g/mol. The van der Waals surface area contributed by atoms with Crippen molar-refractivity contribution in [2.24, 2.45) is 0 Å². The van der Waals surface area contributed by atoms with Crippen LogP contribution < -0.4 is 14.4 Å². The maximum absolute atomic E-state index is 13.5. The topological polar surface area (TPSA) is 93.2 Å². The van der Waals surface area contributed by atoms with Crippen LogP contribution in [-0.4, -0.2) is 35.6 Å². The van der Waals surface area contributed by atoms with E-state index in [0.717, 1.165) is 21.1 Å². The van der Waals surface area contributed by atoms with Crippen molar-refractivity contribution >= 4 is 29.3 Å². The van der Waals surface area contributed by atoms with Crippen molar-refractivity contribution < 1.29 is 28.7 Å². The quantitative estimate of drug-likeness (QED) is 0.185. The lowest BCUT2D eigenvalue weighted by atomic mass is 9.97. The minimum atomic E-state index is -0.450. The minimum Gasteiger partial charge on any atom is -0.457 e. The molecular weight excluding hydrogens is 568 g/mol. The number of aryl methyl sites for hydroxylation is 1. The average Bonchev–Trinajstić information content (AvgIpc) is 3.42. The molecule has 0 aromatic heterocycles. The Morgan fingerprint density at radius 2 is 0.956 bits per heavy atom. The number of nitrogens with zero attached hydrogens (tertiary/aromatic N) is 2. The zero-order chi connectivity index (χ0) is 30.5. The van der Waals surface area contributed by atoms with Crippen molar-refractivity contribution in [2.75, 3.05) is 11.9 Å². The number of hydrogen-bond donors (Lipinski definition) is 0. The molecule has 0 N–H and O–H groups in total. The molecule has 0 radical (unpaired) electrons. The lowest BCUT2D eigenvalue weighted by molar-refractivity contribution is 0.0692. The Labute approximate surface area is 260 Å². The van der Waals surface area contributed by atoms with Crippen LogP contribution in [0.1, 0.15) is 54.4 Å². The number of anilines is 1. The molecule has 0 fully saturated rings. The zero-order valence-corrected chi connectivity index (χ0v) is 23.7. The molecule has 2 heterocycles. The molecule has 0 aliphatic carbocycles. The molecule has 8 nitrogen and oxygen atoms in total. The number of imide groups is 2. The largest absolute Gasteiger partial charge is 0.457 e. The minimum absolute atomic E-state index is 0. The fourth-order valence-electron chi connectivity index (χ4n) is 5.34. The van der Waals surface area contributed by atoms with E-state index in [1.165, 1.54) is 7.05 Å². The van der Waals surface area contributed by atoms with Gasteiger partial charge in [0.2, 0.25) is 0 Å². The monoisotopic (exact) mass is 596 g/mol. The second-order valence-electron chi connectivity index (χ2n) is 10.6. The molecule has 4 amide bonds. The normalized spacial score (nSPS) is 13.5. The van der Waals surface area contributed by atoms with Crippen LogP contribution in [0, 0.1) is 6.92 Å². The van der Waals surface area contributed by atoms with Crippen molar-refractivity contribution in [3.63, 3.8) is 0 Å². The van der Waals surface area contributed by atoms with E-state index >= 15 is 0 Å². The molecule has 0 spiro atoms. The van der Waals surface area contributed by atoms with E-state index < -0.39 is 11.8 Å². The van der Waals surface area contributed by atoms with Gasteiger partial charge in [0.1, 0.15) is 23.0 Å². The highest BCUT2D eigenvalue weighted by molar-refractivity contribution is 6.34. The molecule has 45 heavy (non-hydrogen) atoms. The van der Waals surface area contributed by atoms with Crippen LogP contribution >= 0.6 is 0 Å². The first-order valence-electron chi connectivity index (χ1n) is 13.9. The van der Waals surface area contributed by atoms with Crippen molar-refractivity contribution in [3.05, 3.63) is 137 Å². The number of carbonyl (C=O) groups is 4. The second-order valence-corrected chi connectivity index (χ2v) is 10.6. The summed E-state index contributed by atoms with van der Waals surface area (Å²) in [5, 5.41) is 0. The Bertz CT molecular complexity index is 2010. The fourth-order valence-corrected chi connectivity index (χ4v) is 5.34. The molecule has 0 atom stereocenters. The van der Waals surface area contributed by atoms with Gasteiger partial charge in [0.05, 0.1) is 27.9 Å². The number of ether oxygens (including phenoxy) is 2. The summed E-state index contributed by atoms with van der Waals surface area (Å²) in [6.45, 7) is 2.01. The van der Waals surface area contributed by atoms with Crippen molar-refractivity contribution in [1.29, 1.82) is 0 Å². The van der Waals surface area contributed by atoms with E-state index in [-0.39, 0.29) is 30.4 Å². The van der Waals surface area contributed by atoms with Gasteiger partial charge in [-0.05, 0) is 90.8 Å². The number of carbonyl (C=O) groups excluding carboxylic acids is 4. The summed E-state index contributed by atoms with van der Waals surface area (Å²) in [5.41, 5.74) is 4.08. The molecule has 0 bridgehead atoms. The third-order valence-corrected chi connectivity index (χ3v) is 7.70. The van der Waals surface area contributed by atoms with Crippen LogP contribution in [0.4, 0.5) is 5.69 Å². The molecule has 7 rings (SSSR count). The van der Waals surface area contributed by atoms with Crippen LogP contribution in [0.3, 0.4) is 0 Å². The van der Waals surface area contributed by atoms with Gasteiger partial charge in [0, 0.05) is 13.1 Å². The molecule has 0 unspecified atom stereocenters. The number of fused-ring (bicyclic) bond motifs is 2. The first kappa shape index (κ1) is 29.1. The van der Waals surface area contributed by atoms with Crippen LogP contribution in [0.25, 0.3) is 11.1 Å². The van der Waals surface area contributed by atoms with Gasteiger partial charge < -0.3 is 9.47 Å². The van der Waals surface area contributed by atoms with Gasteiger partial charge in [-0.3, -0.25) is 24.1 Å². The first-order chi connectivity index (χ1) is 21.3. The highest BCUT2D eigenvalue weighted by Crippen LogP contribution is 2.35. The summed E-state index contributed by atoms with van der Waals surface area (Å²) >= 11 is 0. The summed E-state index contributed by atoms with van der Waals surface area (Å²) in [6.07, 6.45) is 0. The van der Waals surface area contributed by atoms with Crippen LogP contribution in [-0.2, 0) is 0 Å². The maximum Gasteiger partial charge on any atom is 0.266 e. The predicted octanol–water partition coefficient (Wildman–Crippen LogP) is 7.91. The van der Waals surface area contributed by atoms with Gasteiger partial charge in [0.15, 0.2) is 0 Å². The summed E-state index contributed by atoms with van der Waals surface area (Å²) in [7, 11) is 1.44. The Balaban J connectivity index is 0.00000357. The molecule has 222 valence electrons. The van der Waals surface area contributed by atoms with E-state index in [1.54, 1.807) is 66.7 Å². The highest BCUT2D eigenvalue weighted by atomic mass is 16.5. The van der Waals surface area contributed by atoms with E-state index in [9.17, 15) is 19.2 Å². The van der Waals surface area contributed by atoms with Gasteiger partial charge in [0.25, 0.3) is 23.6 Å². The van der Waals surface area contributed by atoms with Gasteiger partial charge >= 0.3 is 0 Å². The van der Waals surface area contributed by atoms with Crippen LogP contribution in [0.5, 0.6) is 23.0 Å². The maximum atomic E-state index is 13.5. The van der Waals surface area contributed by atoms with Crippen molar-refractivity contribution in [1.82, 2.24) is 4.90 Å². The third kappa shape index (κ3) is 5.12. The van der Waals surface area contributed by atoms with Crippen LogP contribution in [0.2, 0.25) is 0 Å². The summed E-state index contributed by atoms with van der Waals surface area (Å²) < 4.78 is 11.9. The Kier molecular flexibility index (Phi) is 7.26. The van der Waals surface area contributed by atoms with Gasteiger partial charge in [-0.1, -0.05) is 43.3 Å². The zero-order valence-electron chi connectivity index (χ0n) is 23.7. The van der Waals surface area contributed by atoms with Gasteiger partial charge in [-0.15, -0.1) is 0 Å². The number of amides is 4. The predicted molar refractivity (Wildman–Crippen MR) is 170 cm³/mol. The lowest BCUT2D eigenvalue weighted by Gasteiger charge is -2.15. The SMILES string of the molecule is C.Cc1ccc(Oc2cccc(Oc3ccc(N4C(=O)c5ccc(-c6ccc7c(c6)C(=O)N(C)C7=O)cc5C4=O)cc3)c2)cc1. The Morgan fingerprint density at radius 3 is 1.53 bits per heavy atom. The molecule has 0 saturated carbocycles. The van der Waals surface area contributed by atoms with Gasteiger partial charge in [-0.2, -0.15) is 0 Å². The molecule has 5 aromatic rings. The summed E-state index contributed by atoms with van der Waals surface area (Å²) in [5.74, 6) is 0.837. The number of rotatable bonds is 6. The van der Waals surface area contributed by atoms with Gasteiger partial charge in [-0.25, -0.2) is 4.90 Å². The van der Waals surface area contributed by atoms with E-state index in [2.05, 4.69) is 0 Å². The molecule has 2 aliphatic heterocycles. The smallest absolute Gasteiger partial charge is 0.266 e. The second kappa shape index (κ2) is 11.2. The van der Waals surface area contributed by atoms with Crippen molar-refractivity contribution in [2.45, 2.75) is 14.4 Å². The molecule has 2 aliphatic rings. The summed E-state index contributed by atoms with van der Waals surface area (Å²) in [6, 6.07) is 31.7. The molecule has 8 heteroatoms. The molecule has 5 aromatic carbocycles. The molecular formula is C37H28N2O6. The van der Waals surface area contributed by atoms with Crippen LogP contribution in [0.15, 0.2) is 109 Å². The number of benzene rings is 5. The Morgan fingerprint density at radius 1 is 0.489 bits per heavy atom. The van der Waals surface area contributed by atoms with Crippen molar-refractivity contribution in [3.8, 4) is 34.1 Å². The van der Waals surface area contributed by atoms with E-state index in [4.69, 9.17) is 9.47 Å². The van der Waals surface area contributed by atoms with E-state index in [0.29, 0.717) is 45.2 Å². The first-order valence-corrected chi connectivity index (χ1v) is 13.9. The lowest BCUT2D eigenvalue weighted by Crippen LogP contribution is -2.29.